The van der Waals surface area contributed by atoms with Crippen LogP contribution in [0.5, 0.6) is 0 Å². The molecule has 4 heteroatoms. The summed E-state index contributed by atoms with van der Waals surface area (Å²) in [5, 5.41) is 6.52. The fourth-order valence-electron chi connectivity index (χ4n) is 2.21. The fraction of sp³-hybridized carbons (Fsp3) is 0.933. The summed E-state index contributed by atoms with van der Waals surface area (Å²) in [4.78, 5) is 11.7. The number of nitrogens with one attached hydrogen (secondary N) is 2. The minimum Gasteiger partial charge on any atom is -0.444 e. The van der Waals surface area contributed by atoms with Crippen molar-refractivity contribution in [1.82, 2.24) is 10.6 Å². The number of carbonyl (C=O) groups excluding carboxylic acids is 1. The van der Waals surface area contributed by atoms with Crippen molar-refractivity contribution in [3.63, 3.8) is 0 Å². The van der Waals surface area contributed by atoms with E-state index < -0.39 is 5.60 Å². The Morgan fingerprint density at radius 2 is 1.89 bits per heavy atom. The van der Waals surface area contributed by atoms with Gasteiger partial charge in [0.05, 0.1) is 0 Å². The lowest BCUT2D eigenvalue weighted by Gasteiger charge is -2.25. The van der Waals surface area contributed by atoms with E-state index in [0.29, 0.717) is 6.04 Å². The van der Waals surface area contributed by atoms with Gasteiger partial charge in [0, 0.05) is 18.6 Å². The molecule has 1 saturated carbocycles. The smallest absolute Gasteiger partial charge is 0.407 e. The molecular formula is C15H30N2O2. The minimum atomic E-state index is -0.435. The predicted octanol–water partition coefficient (Wildman–Crippen LogP) is 3.07. The van der Waals surface area contributed by atoms with Crippen LogP contribution in [-0.4, -0.2) is 30.3 Å². The van der Waals surface area contributed by atoms with Gasteiger partial charge >= 0.3 is 6.09 Å². The Labute approximate surface area is 117 Å². The average molecular weight is 270 g/mol. The number of carbonyl (C=O) groups is 1. The average Bonchev–Trinajstić information content (AvgIpc) is 3.10. The van der Waals surface area contributed by atoms with Crippen LogP contribution in [0, 0.1) is 5.92 Å². The van der Waals surface area contributed by atoms with Crippen LogP contribution in [-0.2, 0) is 4.74 Å². The summed E-state index contributed by atoms with van der Waals surface area (Å²) < 4.78 is 5.29. The van der Waals surface area contributed by atoms with Gasteiger partial charge < -0.3 is 15.4 Å². The molecule has 1 fully saturated rings. The van der Waals surface area contributed by atoms with Gasteiger partial charge in [0.25, 0.3) is 0 Å². The van der Waals surface area contributed by atoms with Gasteiger partial charge in [-0.15, -0.1) is 0 Å². The summed E-state index contributed by atoms with van der Waals surface area (Å²) in [5.74, 6) is 0.851. The van der Waals surface area contributed by atoms with Gasteiger partial charge in [-0.3, -0.25) is 0 Å². The topological polar surface area (TPSA) is 50.4 Å². The predicted molar refractivity (Wildman–Crippen MR) is 78.3 cm³/mol. The van der Waals surface area contributed by atoms with E-state index >= 15 is 0 Å². The maximum atomic E-state index is 11.7. The molecule has 0 aromatic rings. The van der Waals surface area contributed by atoms with Crippen molar-refractivity contribution >= 4 is 6.09 Å². The van der Waals surface area contributed by atoms with Gasteiger partial charge in [0.2, 0.25) is 0 Å². The van der Waals surface area contributed by atoms with E-state index in [2.05, 4.69) is 24.5 Å². The van der Waals surface area contributed by atoms with Crippen LogP contribution in [0.3, 0.4) is 0 Å². The molecule has 0 aromatic carbocycles. The highest BCUT2D eigenvalue weighted by Gasteiger charge is 2.30. The molecule has 2 atom stereocenters. The Kier molecular flexibility index (Phi) is 6.11. The Bertz CT molecular complexity index is 282. The third-order valence-electron chi connectivity index (χ3n) is 3.47. The number of alkyl carbamates (subject to hydrolysis) is 1. The SMILES string of the molecule is CCC(CNC(CC)C1CC1)NC(=O)OC(C)(C)C. The summed E-state index contributed by atoms with van der Waals surface area (Å²) in [6.45, 7) is 10.8. The molecule has 0 aromatic heterocycles. The molecule has 2 unspecified atom stereocenters. The van der Waals surface area contributed by atoms with Crippen molar-refractivity contribution in [2.75, 3.05) is 6.54 Å². The molecule has 1 rings (SSSR count). The normalized spacial score (nSPS) is 18.8. The van der Waals surface area contributed by atoms with E-state index in [4.69, 9.17) is 4.74 Å². The third kappa shape index (κ3) is 6.81. The maximum absolute atomic E-state index is 11.7. The Morgan fingerprint density at radius 3 is 2.32 bits per heavy atom. The molecule has 1 aliphatic carbocycles. The Hall–Kier alpha value is -0.770. The van der Waals surface area contributed by atoms with E-state index in [9.17, 15) is 4.79 Å². The van der Waals surface area contributed by atoms with E-state index in [1.165, 1.54) is 12.8 Å². The third-order valence-corrected chi connectivity index (χ3v) is 3.47. The molecule has 112 valence electrons. The van der Waals surface area contributed by atoms with E-state index in [1.807, 2.05) is 20.8 Å². The largest absolute Gasteiger partial charge is 0.444 e. The lowest BCUT2D eigenvalue weighted by Crippen LogP contribution is -2.46. The lowest BCUT2D eigenvalue weighted by molar-refractivity contribution is 0.0501. The van der Waals surface area contributed by atoms with Crippen LogP contribution < -0.4 is 10.6 Å². The fourth-order valence-corrected chi connectivity index (χ4v) is 2.21. The molecule has 0 bridgehead atoms. The zero-order chi connectivity index (χ0) is 14.5. The van der Waals surface area contributed by atoms with Crippen molar-refractivity contribution in [2.45, 2.75) is 78.0 Å². The van der Waals surface area contributed by atoms with Gasteiger partial charge in [-0.05, 0) is 52.4 Å². The van der Waals surface area contributed by atoms with Crippen molar-refractivity contribution in [2.24, 2.45) is 5.92 Å². The van der Waals surface area contributed by atoms with Gasteiger partial charge in [-0.25, -0.2) is 4.79 Å². The number of ether oxygens (including phenoxy) is 1. The summed E-state index contributed by atoms with van der Waals surface area (Å²) in [6, 6.07) is 0.747. The quantitative estimate of drug-likeness (QED) is 0.747. The highest BCUT2D eigenvalue weighted by Crippen LogP contribution is 2.33. The monoisotopic (exact) mass is 270 g/mol. The number of hydrogen-bond donors (Lipinski definition) is 2. The van der Waals surface area contributed by atoms with Crippen LogP contribution in [0.2, 0.25) is 0 Å². The highest BCUT2D eigenvalue weighted by molar-refractivity contribution is 5.68. The van der Waals surface area contributed by atoms with E-state index in [-0.39, 0.29) is 12.1 Å². The number of hydrogen-bond acceptors (Lipinski definition) is 3. The van der Waals surface area contributed by atoms with Crippen LogP contribution >= 0.6 is 0 Å². The molecule has 2 N–H and O–H groups in total. The zero-order valence-electron chi connectivity index (χ0n) is 13.1. The first kappa shape index (κ1) is 16.3. The summed E-state index contributed by atoms with van der Waals surface area (Å²) in [6.07, 6.45) is 4.45. The van der Waals surface area contributed by atoms with Crippen LogP contribution in [0.1, 0.15) is 60.3 Å². The Balaban J connectivity index is 2.30. The molecule has 0 saturated heterocycles. The van der Waals surface area contributed by atoms with Crippen LogP contribution in [0.25, 0.3) is 0 Å². The van der Waals surface area contributed by atoms with E-state index in [0.717, 1.165) is 25.3 Å². The first-order valence-corrected chi connectivity index (χ1v) is 7.58. The molecule has 0 heterocycles. The van der Waals surface area contributed by atoms with Gasteiger partial charge in [0.1, 0.15) is 5.60 Å². The summed E-state index contributed by atoms with van der Waals surface area (Å²) >= 11 is 0. The van der Waals surface area contributed by atoms with E-state index in [1.54, 1.807) is 0 Å². The second-order valence-corrected chi connectivity index (χ2v) is 6.51. The minimum absolute atomic E-state index is 0.141. The molecule has 0 radical (unpaired) electrons. The highest BCUT2D eigenvalue weighted by atomic mass is 16.6. The first-order valence-electron chi connectivity index (χ1n) is 7.58. The molecule has 0 spiro atoms. The molecule has 1 aliphatic rings. The van der Waals surface area contributed by atoms with Gasteiger partial charge in [-0.2, -0.15) is 0 Å². The van der Waals surface area contributed by atoms with Crippen molar-refractivity contribution in [1.29, 1.82) is 0 Å². The lowest BCUT2D eigenvalue weighted by atomic mass is 10.1. The van der Waals surface area contributed by atoms with Crippen LogP contribution in [0.15, 0.2) is 0 Å². The number of amides is 1. The second kappa shape index (κ2) is 7.13. The van der Waals surface area contributed by atoms with Crippen molar-refractivity contribution in [3.05, 3.63) is 0 Å². The summed E-state index contributed by atoms with van der Waals surface area (Å²) in [5.41, 5.74) is -0.435. The molecule has 19 heavy (non-hydrogen) atoms. The zero-order valence-corrected chi connectivity index (χ0v) is 13.1. The summed E-state index contributed by atoms with van der Waals surface area (Å²) in [7, 11) is 0. The van der Waals surface area contributed by atoms with Gasteiger partial charge in [-0.1, -0.05) is 13.8 Å². The molecule has 4 nitrogen and oxygen atoms in total. The molecule has 1 amide bonds. The van der Waals surface area contributed by atoms with Crippen molar-refractivity contribution in [3.8, 4) is 0 Å². The maximum Gasteiger partial charge on any atom is 0.407 e. The van der Waals surface area contributed by atoms with Gasteiger partial charge in [0.15, 0.2) is 0 Å². The standard InChI is InChI=1S/C15H30N2O2/c1-6-12(17-14(18)19-15(3,4)5)10-16-13(7-2)11-8-9-11/h11-13,16H,6-10H2,1-5H3,(H,17,18). The molecular weight excluding hydrogens is 240 g/mol. The second-order valence-electron chi connectivity index (χ2n) is 6.51. The molecule has 0 aliphatic heterocycles. The first-order chi connectivity index (χ1) is 8.85. The number of rotatable bonds is 7. The van der Waals surface area contributed by atoms with Crippen molar-refractivity contribution < 1.29 is 9.53 Å². The Morgan fingerprint density at radius 1 is 1.26 bits per heavy atom. The van der Waals surface area contributed by atoms with Crippen LogP contribution in [0.4, 0.5) is 4.79 Å².